The van der Waals surface area contributed by atoms with Crippen molar-refractivity contribution < 1.29 is 4.74 Å². The molecule has 0 saturated heterocycles. The van der Waals surface area contributed by atoms with Crippen molar-refractivity contribution in [2.75, 3.05) is 6.61 Å². The summed E-state index contributed by atoms with van der Waals surface area (Å²) in [5.74, 6) is 0.837. The second-order valence-corrected chi connectivity index (χ2v) is 5.24. The van der Waals surface area contributed by atoms with Gasteiger partial charge in [0.2, 0.25) is 6.04 Å². The van der Waals surface area contributed by atoms with Gasteiger partial charge >= 0.3 is 0 Å². The van der Waals surface area contributed by atoms with Crippen molar-refractivity contribution in [3.8, 4) is 5.75 Å². The van der Waals surface area contributed by atoms with Crippen LogP contribution < -0.4 is 4.74 Å². The van der Waals surface area contributed by atoms with Crippen molar-refractivity contribution >= 4 is 0 Å². The molecule has 0 bridgehead atoms. The highest BCUT2D eigenvalue weighted by Crippen LogP contribution is 2.32. The molecule has 0 saturated carbocycles. The molecule has 0 heterocycles. The molecule has 17 heavy (non-hydrogen) atoms. The molecule has 0 N–H and O–H groups in total. The maximum absolute atomic E-state index is 7.17. The lowest BCUT2D eigenvalue weighted by atomic mass is 9.85. The molecule has 0 amide bonds. The largest absolute Gasteiger partial charge is 0.493 e. The van der Waals surface area contributed by atoms with Gasteiger partial charge in [-0.15, -0.1) is 0 Å². The first-order chi connectivity index (χ1) is 7.90. The Morgan fingerprint density at radius 1 is 1.35 bits per heavy atom. The van der Waals surface area contributed by atoms with Gasteiger partial charge in [-0.2, -0.15) is 0 Å². The Kier molecular flexibility index (Phi) is 4.17. The minimum Gasteiger partial charge on any atom is -0.493 e. The Morgan fingerprint density at radius 3 is 2.47 bits per heavy atom. The third kappa shape index (κ3) is 3.23. The predicted octanol–water partition coefficient (Wildman–Crippen LogP) is 4.36. The molecule has 1 rings (SSSR count). The smallest absolute Gasteiger partial charge is 0.249 e. The topological polar surface area (TPSA) is 13.6 Å². The molecular weight excluding hydrogens is 210 g/mol. The van der Waals surface area contributed by atoms with Gasteiger partial charge < -0.3 is 9.58 Å². The molecule has 0 aromatic heterocycles. The van der Waals surface area contributed by atoms with Crippen LogP contribution in [0.5, 0.6) is 5.75 Å². The first-order valence-corrected chi connectivity index (χ1v) is 6.04. The van der Waals surface area contributed by atoms with E-state index in [1.54, 1.807) is 0 Å². The van der Waals surface area contributed by atoms with Gasteiger partial charge in [-0.25, -0.2) is 6.57 Å². The third-order valence-electron chi connectivity index (χ3n) is 2.82. The standard InChI is InChI=1S/C15H21NO/c1-7-17-14-9-8-12(15(3,4)5)10-13(14)11(2)16-6/h8-11H,7H2,1-5H3. The van der Waals surface area contributed by atoms with Crippen molar-refractivity contribution in [3.05, 3.63) is 40.7 Å². The van der Waals surface area contributed by atoms with Gasteiger partial charge in [-0.05, 0) is 30.0 Å². The molecule has 92 valence electrons. The molecule has 1 aromatic rings. The molecule has 1 unspecified atom stereocenters. The zero-order chi connectivity index (χ0) is 13.1. The molecule has 0 radical (unpaired) electrons. The van der Waals surface area contributed by atoms with E-state index >= 15 is 0 Å². The molecule has 0 spiro atoms. The monoisotopic (exact) mass is 231 g/mol. The van der Waals surface area contributed by atoms with Crippen LogP contribution in [0.4, 0.5) is 0 Å². The van der Waals surface area contributed by atoms with E-state index in [0.29, 0.717) is 6.61 Å². The fourth-order valence-corrected chi connectivity index (χ4v) is 1.70. The van der Waals surface area contributed by atoms with E-state index in [1.165, 1.54) is 5.56 Å². The van der Waals surface area contributed by atoms with Crippen molar-refractivity contribution in [3.63, 3.8) is 0 Å². The third-order valence-corrected chi connectivity index (χ3v) is 2.82. The lowest BCUT2D eigenvalue weighted by Gasteiger charge is -2.21. The van der Waals surface area contributed by atoms with Crippen molar-refractivity contribution in [2.24, 2.45) is 0 Å². The van der Waals surface area contributed by atoms with E-state index < -0.39 is 0 Å². The average molecular weight is 231 g/mol. The molecular formula is C15H21NO. The summed E-state index contributed by atoms with van der Waals surface area (Å²) in [6.07, 6.45) is 0. The number of benzene rings is 1. The van der Waals surface area contributed by atoms with Gasteiger partial charge in [-0.1, -0.05) is 26.8 Å². The first kappa shape index (κ1) is 13.6. The van der Waals surface area contributed by atoms with E-state index in [0.717, 1.165) is 11.3 Å². The molecule has 1 aromatic carbocycles. The Bertz CT molecular complexity index is 424. The summed E-state index contributed by atoms with van der Waals surface area (Å²) in [6, 6.07) is 6.03. The summed E-state index contributed by atoms with van der Waals surface area (Å²) in [6.45, 7) is 18.2. The average Bonchev–Trinajstić information content (AvgIpc) is 2.27. The minimum absolute atomic E-state index is 0.0985. The summed E-state index contributed by atoms with van der Waals surface area (Å²) >= 11 is 0. The number of nitrogens with zero attached hydrogens (tertiary/aromatic N) is 1. The summed E-state index contributed by atoms with van der Waals surface area (Å²) < 4.78 is 5.58. The summed E-state index contributed by atoms with van der Waals surface area (Å²) in [5, 5.41) is 0. The van der Waals surface area contributed by atoms with Crippen LogP contribution in [-0.4, -0.2) is 6.61 Å². The molecule has 2 nitrogen and oxygen atoms in total. The lowest BCUT2D eigenvalue weighted by molar-refractivity contribution is 0.335. The second-order valence-electron chi connectivity index (χ2n) is 5.24. The molecule has 0 fully saturated rings. The van der Waals surface area contributed by atoms with Crippen LogP contribution in [-0.2, 0) is 5.41 Å². The highest BCUT2D eigenvalue weighted by Gasteiger charge is 2.20. The van der Waals surface area contributed by atoms with Crippen LogP contribution in [0, 0.1) is 6.57 Å². The normalized spacial score (nSPS) is 12.9. The van der Waals surface area contributed by atoms with Crippen LogP contribution in [0.15, 0.2) is 18.2 Å². The summed E-state index contributed by atoms with van der Waals surface area (Å²) in [7, 11) is 0. The first-order valence-electron chi connectivity index (χ1n) is 6.04. The molecule has 0 aliphatic rings. The van der Waals surface area contributed by atoms with Gasteiger partial charge in [0, 0.05) is 6.92 Å². The van der Waals surface area contributed by atoms with Crippen LogP contribution in [0.1, 0.15) is 51.8 Å². The number of hydrogen-bond acceptors (Lipinski definition) is 1. The summed E-state index contributed by atoms with van der Waals surface area (Å²) in [5.41, 5.74) is 2.34. The van der Waals surface area contributed by atoms with Crippen LogP contribution >= 0.6 is 0 Å². The van der Waals surface area contributed by atoms with Gasteiger partial charge in [0.15, 0.2) is 0 Å². The van der Waals surface area contributed by atoms with Crippen LogP contribution in [0.2, 0.25) is 0 Å². The minimum atomic E-state index is -0.154. The Labute approximate surface area is 104 Å². The van der Waals surface area contributed by atoms with Crippen LogP contribution in [0.3, 0.4) is 0 Å². The predicted molar refractivity (Wildman–Crippen MR) is 71.3 cm³/mol. The van der Waals surface area contributed by atoms with E-state index in [9.17, 15) is 0 Å². The van der Waals surface area contributed by atoms with E-state index in [-0.39, 0.29) is 11.5 Å². The molecule has 0 aliphatic heterocycles. The molecule has 1 atom stereocenters. The SMILES string of the molecule is [C-]#[N+]C(C)c1cc(C(C)(C)C)ccc1OCC. The Morgan fingerprint density at radius 2 is 2.00 bits per heavy atom. The number of rotatable bonds is 3. The fourth-order valence-electron chi connectivity index (χ4n) is 1.70. The van der Waals surface area contributed by atoms with E-state index in [2.05, 4.69) is 37.7 Å². The lowest BCUT2D eigenvalue weighted by Crippen LogP contribution is -2.12. The Hall–Kier alpha value is -1.49. The summed E-state index contributed by atoms with van der Waals surface area (Å²) in [4.78, 5) is 3.59. The van der Waals surface area contributed by atoms with E-state index in [1.807, 2.05) is 19.9 Å². The van der Waals surface area contributed by atoms with Gasteiger partial charge in [-0.3, -0.25) is 0 Å². The maximum Gasteiger partial charge on any atom is 0.249 e. The number of ether oxygens (including phenoxy) is 1. The van der Waals surface area contributed by atoms with E-state index in [4.69, 9.17) is 11.3 Å². The highest BCUT2D eigenvalue weighted by atomic mass is 16.5. The van der Waals surface area contributed by atoms with Crippen molar-refractivity contribution in [2.45, 2.75) is 46.1 Å². The van der Waals surface area contributed by atoms with Gasteiger partial charge in [0.25, 0.3) is 0 Å². The maximum atomic E-state index is 7.17. The Balaban J connectivity index is 3.25. The molecule has 0 aliphatic carbocycles. The fraction of sp³-hybridized carbons (Fsp3) is 0.533. The van der Waals surface area contributed by atoms with Crippen LogP contribution in [0.25, 0.3) is 4.85 Å². The van der Waals surface area contributed by atoms with Gasteiger partial charge in [0.1, 0.15) is 5.75 Å². The second kappa shape index (κ2) is 5.23. The highest BCUT2D eigenvalue weighted by molar-refractivity contribution is 5.42. The quantitative estimate of drug-likeness (QED) is 0.704. The zero-order valence-electron chi connectivity index (χ0n) is 11.4. The van der Waals surface area contributed by atoms with Gasteiger partial charge in [0.05, 0.1) is 12.2 Å². The number of hydrogen-bond donors (Lipinski definition) is 0. The van der Waals surface area contributed by atoms with Crippen molar-refractivity contribution in [1.29, 1.82) is 0 Å². The van der Waals surface area contributed by atoms with Crippen molar-refractivity contribution in [1.82, 2.24) is 0 Å². The zero-order valence-corrected chi connectivity index (χ0v) is 11.4. The molecule has 2 heteroatoms.